The van der Waals surface area contributed by atoms with Crippen LogP contribution in [-0.4, -0.2) is 26.0 Å². The molecule has 2 heterocycles. The van der Waals surface area contributed by atoms with Gasteiger partial charge >= 0.3 is 6.09 Å². The van der Waals surface area contributed by atoms with Crippen LogP contribution in [0.25, 0.3) is 22.0 Å². The van der Waals surface area contributed by atoms with Gasteiger partial charge in [0.05, 0.1) is 27.7 Å². The smallest absolute Gasteiger partial charge is 0.405 e. The number of nitrogens with one attached hydrogen (secondary N) is 1. The molecule has 4 rings (SSSR count). The van der Waals surface area contributed by atoms with Crippen LogP contribution in [0.1, 0.15) is 43.8 Å². The van der Waals surface area contributed by atoms with Crippen LogP contribution < -0.4 is 11.1 Å². The summed E-state index contributed by atoms with van der Waals surface area (Å²) in [7, 11) is 1.72. The van der Waals surface area contributed by atoms with Gasteiger partial charge < -0.3 is 16.2 Å². The number of anilines is 1. The van der Waals surface area contributed by atoms with Crippen molar-refractivity contribution in [2.45, 2.75) is 33.2 Å². The van der Waals surface area contributed by atoms with Crippen molar-refractivity contribution in [3.8, 4) is 23.0 Å². The van der Waals surface area contributed by atoms with Crippen LogP contribution in [-0.2, 0) is 13.5 Å². The Morgan fingerprint density at radius 2 is 1.82 bits per heavy atom. The highest BCUT2D eigenvalue weighted by atomic mass is 35.5. The van der Waals surface area contributed by atoms with Gasteiger partial charge in [0.25, 0.3) is 0 Å². The number of carbonyl (C=O) groups is 1. The highest BCUT2D eigenvalue weighted by Gasteiger charge is 2.25. The van der Waals surface area contributed by atoms with Gasteiger partial charge in [0.1, 0.15) is 17.3 Å². The van der Waals surface area contributed by atoms with Gasteiger partial charge in [0.15, 0.2) is 5.82 Å². The van der Waals surface area contributed by atoms with Crippen LogP contribution in [0.15, 0.2) is 42.5 Å². The Bertz CT molecular complexity index is 1600. The minimum absolute atomic E-state index is 0.0681. The molecule has 0 bridgehead atoms. The predicted octanol–water partition coefficient (Wildman–Crippen LogP) is 6.10. The molecule has 0 radical (unpaired) electrons. The molecule has 1 atom stereocenters. The molecule has 0 fully saturated rings. The van der Waals surface area contributed by atoms with Crippen molar-refractivity contribution < 1.29 is 18.7 Å². The van der Waals surface area contributed by atoms with Gasteiger partial charge in [0, 0.05) is 29.7 Å². The van der Waals surface area contributed by atoms with Crippen molar-refractivity contribution in [3.05, 3.63) is 76.1 Å². The third-order valence-corrected chi connectivity index (χ3v) is 6.05. The monoisotopic (exact) mass is 537 g/mol. The number of fused-ring (bicyclic) bond motifs is 1. The summed E-state index contributed by atoms with van der Waals surface area (Å²) in [6.45, 7) is 5.87. The first kappa shape index (κ1) is 26.9. The third kappa shape index (κ3) is 5.87. The molecule has 7 nitrogen and oxygen atoms in total. The normalized spacial score (nSPS) is 12.2. The standard InChI is InChI=1S/C28H26ClF2N5O2/c1-28(2,3)10-9-18-5-6-19(20-7-8-21(29)23-25(20)36(4)35-26(23)32)24(33-18)22(34-27(37)38)13-15-11-16(30)14-17(31)12-15/h5-8,11-12,14,22,34H,13H2,1-4H3,(H2,32,35)(H,37,38). The van der Waals surface area contributed by atoms with E-state index in [1.165, 1.54) is 0 Å². The molecule has 0 saturated carbocycles. The summed E-state index contributed by atoms with van der Waals surface area (Å²) in [6, 6.07) is 9.06. The molecule has 0 aliphatic rings. The van der Waals surface area contributed by atoms with Crippen LogP contribution in [0, 0.1) is 28.9 Å². The van der Waals surface area contributed by atoms with Crippen molar-refractivity contribution in [3.63, 3.8) is 0 Å². The highest BCUT2D eigenvalue weighted by molar-refractivity contribution is 6.37. The lowest BCUT2D eigenvalue weighted by Gasteiger charge is -2.21. The lowest BCUT2D eigenvalue weighted by atomic mass is 9.93. The van der Waals surface area contributed by atoms with Gasteiger partial charge in [-0.05, 0) is 69.0 Å². The number of carboxylic acid groups (broad SMARTS) is 1. The third-order valence-electron chi connectivity index (χ3n) is 5.73. The molecule has 196 valence electrons. The molecule has 2 aromatic heterocycles. The van der Waals surface area contributed by atoms with Crippen LogP contribution >= 0.6 is 11.6 Å². The average molecular weight is 538 g/mol. The number of nitrogens with zero attached hydrogens (tertiary/aromatic N) is 3. The van der Waals surface area contributed by atoms with Gasteiger partial charge in [0.2, 0.25) is 0 Å². The van der Waals surface area contributed by atoms with E-state index in [0.717, 1.165) is 18.2 Å². The summed E-state index contributed by atoms with van der Waals surface area (Å²) in [4.78, 5) is 16.6. The molecule has 38 heavy (non-hydrogen) atoms. The Morgan fingerprint density at radius 3 is 2.45 bits per heavy atom. The number of hydrogen-bond donors (Lipinski definition) is 3. The number of aryl methyl sites for hydroxylation is 1. The van der Waals surface area contributed by atoms with Gasteiger partial charge in [-0.1, -0.05) is 23.6 Å². The molecule has 0 aliphatic heterocycles. The van der Waals surface area contributed by atoms with E-state index in [0.29, 0.717) is 38.4 Å². The molecule has 1 amide bonds. The maximum absolute atomic E-state index is 14.0. The summed E-state index contributed by atoms with van der Waals surface area (Å²) in [5, 5.41) is 17.4. The molecule has 2 aromatic carbocycles. The zero-order chi connectivity index (χ0) is 27.8. The average Bonchev–Trinajstić information content (AvgIpc) is 3.11. The first-order chi connectivity index (χ1) is 17.8. The number of nitrogens with two attached hydrogens (primary N) is 1. The summed E-state index contributed by atoms with van der Waals surface area (Å²) in [5.41, 5.74) is 8.64. The second kappa shape index (κ2) is 10.3. The molecule has 0 spiro atoms. The lowest BCUT2D eigenvalue weighted by molar-refractivity contribution is 0.189. The first-order valence-corrected chi connectivity index (χ1v) is 12.1. The van der Waals surface area contributed by atoms with Crippen molar-refractivity contribution in [2.24, 2.45) is 12.5 Å². The van der Waals surface area contributed by atoms with Crippen molar-refractivity contribution in [1.29, 1.82) is 0 Å². The minimum atomic E-state index is -1.32. The second-order valence-corrected chi connectivity index (χ2v) is 10.3. The number of benzene rings is 2. The van der Waals surface area contributed by atoms with Crippen LogP contribution in [0.3, 0.4) is 0 Å². The van der Waals surface area contributed by atoms with E-state index in [4.69, 9.17) is 22.3 Å². The van der Waals surface area contributed by atoms with E-state index in [2.05, 4.69) is 22.3 Å². The Labute approximate surface area is 223 Å². The molecule has 4 aromatic rings. The molecule has 0 saturated heterocycles. The number of aromatic nitrogens is 3. The predicted molar refractivity (Wildman–Crippen MR) is 144 cm³/mol. The quantitative estimate of drug-likeness (QED) is 0.267. The highest BCUT2D eigenvalue weighted by Crippen LogP contribution is 2.38. The summed E-state index contributed by atoms with van der Waals surface area (Å²) in [5.74, 6) is 4.87. The molecule has 4 N–H and O–H groups in total. The maximum atomic E-state index is 14.0. The Kier molecular flexibility index (Phi) is 7.29. The molecular formula is C28H26ClF2N5O2. The summed E-state index contributed by atoms with van der Waals surface area (Å²) >= 11 is 6.42. The van der Waals surface area contributed by atoms with Crippen molar-refractivity contribution in [1.82, 2.24) is 20.1 Å². The van der Waals surface area contributed by atoms with Crippen LogP contribution in [0.5, 0.6) is 0 Å². The fraction of sp³-hybridized carbons (Fsp3) is 0.250. The van der Waals surface area contributed by atoms with E-state index in [-0.39, 0.29) is 23.2 Å². The Hall–Kier alpha value is -4.16. The SMILES string of the molecule is Cn1nc(N)c2c(Cl)ccc(-c3ccc(C#CC(C)(C)C)nc3C(Cc3cc(F)cc(F)c3)NC(=O)O)c21. The topological polar surface area (TPSA) is 106 Å². The number of nitrogen functional groups attached to an aromatic ring is 1. The fourth-order valence-corrected chi connectivity index (χ4v) is 4.49. The van der Waals surface area contributed by atoms with Gasteiger partial charge in [-0.15, -0.1) is 0 Å². The number of amides is 1. The number of rotatable bonds is 5. The number of pyridine rings is 1. The van der Waals surface area contributed by atoms with E-state index < -0.39 is 23.8 Å². The number of halogens is 3. The molecule has 0 aliphatic carbocycles. The Morgan fingerprint density at radius 1 is 1.16 bits per heavy atom. The van der Waals surface area contributed by atoms with E-state index in [1.54, 1.807) is 36.0 Å². The zero-order valence-corrected chi connectivity index (χ0v) is 22.0. The summed E-state index contributed by atoms with van der Waals surface area (Å²) < 4.78 is 29.5. The number of hydrogen-bond acceptors (Lipinski definition) is 4. The van der Waals surface area contributed by atoms with Crippen molar-refractivity contribution >= 4 is 34.4 Å². The van der Waals surface area contributed by atoms with E-state index in [1.807, 2.05) is 20.8 Å². The van der Waals surface area contributed by atoms with Crippen LogP contribution in [0.2, 0.25) is 5.02 Å². The van der Waals surface area contributed by atoms with Crippen LogP contribution in [0.4, 0.5) is 19.4 Å². The van der Waals surface area contributed by atoms with Gasteiger partial charge in [-0.2, -0.15) is 5.10 Å². The van der Waals surface area contributed by atoms with E-state index in [9.17, 15) is 18.7 Å². The Balaban J connectivity index is 1.98. The zero-order valence-electron chi connectivity index (χ0n) is 21.2. The van der Waals surface area contributed by atoms with E-state index >= 15 is 0 Å². The maximum Gasteiger partial charge on any atom is 0.405 e. The summed E-state index contributed by atoms with van der Waals surface area (Å²) in [6.07, 6.45) is -1.39. The molecule has 1 unspecified atom stereocenters. The van der Waals surface area contributed by atoms with Gasteiger partial charge in [-0.25, -0.2) is 18.6 Å². The van der Waals surface area contributed by atoms with Gasteiger partial charge in [-0.3, -0.25) is 4.68 Å². The van der Waals surface area contributed by atoms with Crippen molar-refractivity contribution in [2.75, 3.05) is 5.73 Å². The fourth-order valence-electron chi connectivity index (χ4n) is 4.24. The largest absolute Gasteiger partial charge is 0.465 e. The lowest BCUT2D eigenvalue weighted by Crippen LogP contribution is -2.29. The minimum Gasteiger partial charge on any atom is -0.465 e. The molecule has 10 heteroatoms. The first-order valence-electron chi connectivity index (χ1n) is 11.7. The molecular weight excluding hydrogens is 512 g/mol. The second-order valence-electron chi connectivity index (χ2n) is 9.94.